The first kappa shape index (κ1) is 10.6. The second-order valence-electron chi connectivity index (χ2n) is 2.94. The van der Waals surface area contributed by atoms with Gasteiger partial charge in [0.1, 0.15) is 0 Å². The normalized spacial score (nSPS) is 13.2. The zero-order chi connectivity index (χ0) is 9.68. The molecule has 0 fully saturated rings. The molecule has 1 aromatic rings. The molecule has 0 radical (unpaired) electrons. The predicted molar refractivity (Wildman–Crippen MR) is 67.1 cm³/mol. The molecule has 1 nitrogen and oxygen atoms in total. The van der Waals surface area contributed by atoms with E-state index in [1.165, 1.54) is 9.26 Å². The molecule has 0 amide bonds. The smallest absolute Gasteiger partial charge is 0.0480 e. The van der Waals surface area contributed by atoms with Crippen LogP contribution < -0.4 is 5.32 Å². The summed E-state index contributed by atoms with van der Waals surface area (Å²) in [6.45, 7) is 4.18. The van der Waals surface area contributed by atoms with Gasteiger partial charge >= 0.3 is 0 Å². The first-order valence-corrected chi connectivity index (χ1v) is 5.46. The Labute approximate surface area is 93.4 Å². The van der Waals surface area contributed by atoms with E-state index in [2.05, 4.69) is 59.1 Å². The summed E-state index contributed by atoms with van der Waals surface area (Å²) >= 11 is 2.34. The molecule has 0 spiro atoms. The van der Waals surface area contributed by atoms with Gasteiger partial charge in [0.25, 0.3) is 0 Å². The molecule has 1 atom stereocenters. The molecular formula is C11H14IN. The van der Waals surface area contributed by atoms with Crippen molar-refractivity contribution in [1.29, 1.82) is 0 Å². The van der Waals surface area contributed by atoms with Gasteiger partial charge in [-0.2, -0.15) is 0 Å². The quantitative estimate of drug-likeness (QED) is 0.660. The van der Waals surface area contributed by atoms with Gasteiger partial charge in [0.05, 0.1) is 0 Å². The van der Waals surface area contributed by atoms with Crippen LogP contribution in [0, 0.1) is 3.57 Å². The van der Waals surface area contributed by atoms with Gasteiger partial charge in [-0.25, -0.2) is 0 Å². The maximum Gasteiger partial charge on any atom is 0.0480 e. The van der Waals surface area contributed by atoms with Gasteiger partial charge in [0, 0.05) is 15.3 Å². The Balaban J connectivity index is 2.68. The number of hydrogen-bond acceptors (Lipinski definition) is 1. The molecule has 1 unspecified atom stereocenters. The van der Waals surface area contributed by atoms with Crippen LogP contribution in [0.5, 0.6) is 0 Å². The molecule has 70 valence electrons. The summed E-state index contributed by atoms with van der Waals surface area (Å²) in [4.78, 5) is 0. The predicted octanol–water partition coefficient (Wildman–Crippen LogP) is 3.67. The fourth-order valence-corrected chi connectivity index (χ4v) is 1.70. The van der Waals surface area contributed by atoms with Crippen LogP contribution in [0.4, 0.5) is 5.69 Å². The zero-order valence-corrected chi connectivity index (χ0v) is 10.1. The Bertz CT molecular complexity index is 294. The van der Waals surface area contributed by atoms with Gasteiger partial charge in [-0.3, -0.25) is 0 Å². The maximum absolute atomic E-state index is 3.42. The van der Waals surface area contributed by atoms with E-state index >= 15 is 0 Å². The topological polar surface area (TPSA) is 12.0 Å². The van der Waals surface area contributed by atoms with Crippen molar-refractivity contribution in [2.24, 2.45) is 0 Å². The van der Waals surface area contributed by atoms with Gasteiger partial charge in [-0.15, -0.1) is 0 Å². The molecule has 13 heavy (non-hydrogen) atoms. The average molecular weight is 287 g/mol. The van der Waals surface area contributed by atoms with Crippen LogP contribution >= 0.6 is 22.6 Å². The molecule has 2 heteroatoms. The average Bonchev–Trinajstić information content (AvgIpc) is 2.09. The van der Waals surface area contributed by atoms with Crippen LogP contribution in [0.1, 0.15) is 13.8 Å². The minimum atomic E-state index is 0.390. The summed E-state index contributed by atoms with van der Waals surface area (Å²) in [6.07, 6.45) is 4.20. The number of para-hydroxylation sites is 1. The Morgan fingerprint density at radius 2 is 2.08 bits per heavy atom. The fraction of sp³-hybridized carbons (Fsp3) is 0.273. The van der Waals surface area contributed by atoms with Gasteiger partial charge < -0.3 is 5.32 Å². The number of benzene rings is 1. The lowest BCUT2D eigenvalue weighted by molar-refractivity contribution is 0.993. The molecular weight excluding hydrogens is 273 g/mol. The first-order chi connectivity index (χ1) is 6.24. The Hall–Kier alpha value is -0.510. The Kier molecular flexibility index (Phi) is 4.28. The summed E-state index contributed by atoms with van der Waals surface area (Å²) in [5, 5.41) is 3.42. The minimum absolute atomic E-state index is 0.390. The van der Waals surface area contributed by atoms with Gasteiger partial charge in [-0.1, -0.05) is 24.3 Å². The fourth-order valence-electron chi connectivity index (χ4n) is 1.16. The van der Waals surface area contributed by atoms with Crippen molar-refractivity contribution in [2.45, 2.75) is 19.9 Å². The van der Waals surface area contributed by atoms with E-state index in [9.17, 15) is 0 Å². The van der Waals surface area contributed by atoms with Crippen molar-refractivity contribution in [3.05, 3.63) is 40.0 Å². The number of hydrogen-bond donors (Lipinski definition) is 1. The minimum Gasteiger partial charge on any atom is -0.378 e. The van der Waals surface area contributed by atoms with E-state index in [1.807, 2.05) is 19.1 Å². The van der Waals surface area contributed by atoms with Crippen molar-refractivity contribution in [3.63, 3.8) is 0 Å². The van der Waals surface area contributed by atoms with Crippen molar-refractivity contribution in [2.75, 3.05) is 5.32 Å². The third-order valence-corrected chi connectivity index (χ3v) is 2.68. The number of anilines is 1. The monoisotopic (exact) mass is 287 g/mol. The van der Waals surface area contributed by atoms with E-state index in [0.717, 1.165) is 0 Å². The van der Waals surface area contributed by atoms with Crippen molar-refractivity contribution in [3.8, 4) is 0 Å². The Morgan fingerprint density at radius 1 is 1.38 bits per heavy atom. The summed E-state index contributed by atoms with van der Waals surface area (Å²) < 4.78 is 1.26. The lowest BCUT2D eigenvalue weighted by atomic mass is 10.2. The highest BCUT2D eigenvalue weighted by Gasteiger charge is 1.99. The van der Waals surface area contributed by atoms with Gasteiger partial charge in [0.2, 0.25) is 0 Å². The molecule has 1 aromatic carbocycles. The summed E-state index contributed by atoms with van der Waals surface area (Å²) in [6, 6.07) is 8.69. The van der Waals surface area contributed by atoms with E-state index in [1.54, 1.807) is 0 Å². The van der Waals surface area contributed by atoms with Crippen LogP contribution in [0.15, 0.2) is 36.4 Å². The van der Waals surface area contributed by atoms with E-state index in [-0.39, 0.29) is 0 Å². The number of halogens is 1. The number of rotatable bonds is 3. The summed E-state index contributed by atoms with van der Waals surface area (Å²) in [5.41, 5.74) is 1.20. The van der Waals surface area contributed by atoms with Crippen LogP contribution in [-0.4, -0.2) is 6.04 Å². The molecule has 0 aliphatic carbocycles. The number of nitrogens with one attached hydrogen (secondary N) is 1. The summed E-state index contributed by atoms with van der Waals surface area (Å²) in [7, 11) is 0. The van der Waals surface area contributed by atoms with Crippen molar-refractivity contribution < 1.29 is 0 Å². The van der Waals surface area contributed by atoms with Gasteiger partial charge in [0.15, 0.2) is 0 Å². The van der Waals surface area contributed by atoms with Crippen LogP contribution in [-0.2, 0) is 0 Å². The molecule has 0 saturated carbocycles. The van der Waals surface area contributed by atoms with E-state index in [0.29, 0.717) is 6.04 Å². The molecule has 0 heterocycles. The lowest BCUT2D eigenvalue weighted by Gasteiger charge is -2.12. The molecule has 0 aliphatic rings. The van der Waals surface area contributed by atoms with Crippen LogP contribution in [0.3, 0.4) is 0 Å². The summed E-state index contributed by atoms with van der Waals surface area (Å²) in [5.74, 6) is 0. The molecule has 1 N–H and O–H groups in total. The second kappa shape index (κ2) is 5.27. The zero-order valence-electron chi connectivity index (χ0n) is 7.92. The van der Waals surface area contributed by atoms with Crippen molar-refractivity contribution >= 4 is 28.3 Å². The molecule has 0 saturated heterocycles. The highest BCUT2D eigenvalue weighted by molar-refractivity contribution is 14.1. The third kappa shape index (κ3) is 3.38. The highest BCUT2D eigenvalue weighted by Crippen LogP contribution is 2.17. The lowest BCUT2D eigenvalue weighted by Crippen LogP contribution is -2.12. The first-order valence-electron chi connectivity index (χ1n) is 4.38. The Morgan fingerprint density at radius 3 is 2.69 bits per heavy atom. The van der Waals surface area contributed by atoms with E-state index in [4.69, 9.17) is 0 Å². The third-order valence-electron chi connectivity index (χ3n) is 1.74. The number of allylic oxidation sites excluding steroid dienone is 1. The molecule has 0 aliphatic heterocycles. The molecule has 1 rings (SSSR count). The van der Waals surface area contributed by atoms with Crippen LogP contribution in [0.2, 0.25) is 0 Å². The highest BCUT2D eigenvalue weighted by atomic mass is 127. The maximum atomic E-state index is 3.42. The second-order valence-corrected chi connectivity index (χ2v) is 4.10. The standard InChI is InChI=1S/C11H14IN/c1-3-6-9(2)13-11-8-5-4-7-10(11)12/h3-9,13H,1-2H3. The van der Waals surface area contributed by atoms with E-state index < -0.39 is 0 Å². The largest absolute Gasteiger partial charge is 0.378 e. The molecule has 0 bridgehead atoms. The van der Waals surface area contributed by atoms with Gasteiger partial charge in [-0.05, 0) is 48.6 Å². The van der Waals surface area contributed by atoms with Crippen molar-refractivity contribution in [1.82, 2.24) is 0 Å². The van der Waals surface area contributed by atoms with Crippen LogP contribution in [0.25, 0.3) is 0 Å². The molecule has 0 aromatic heterocycles. The SMILES string of the molecule is CC=CC(C)Nc1ccccc1I.